The number of ether oxygens (including phenoxy) is 3. The second-order valence-corrected chi connectivity index (χ2v) is 7.47. The van der Waals surface area contributed by atoms with Gasteiger partial charge in [-0.3, -0.25) is 0 Å². The summed E-state index contributed by atoms with van der Waals surface area (Å²) >= 11 is 0. The van der Waals surface area contributed by atoms with Gasteiger partial charge in [-0.05, 0) is 39.7 Å². The molecule has 1 aliphatic heterocycles. The normalized spacial score (nSPS) is 15.9. The number of rotatable bonds is 5. The molecule has 7 nitrogen and oxygen atoms in total. The molecule has 1 saturated heterocycles. The van der Waals surface area contributed by atoms with Crippen LogP contribution in [0.15, 0.2) is 18.2 Å². The number of hydroxylamine groups is 2. The number of carbonyl (C=O) groups excluding carboxylic acids is 1. The molecule has 26 heavy (non-hydrogen) atoms. The van der Waals surface area contributed by atoms with Crippen LogP contribution < -0.4 is 9.47 Å². The van der Waals surface area contributed by atoms with Crippen molar-refractivity contribution in [3.63, 3.8) is 0 Å². The van der Waals surface area contributed by atoms with Gasteiger partial charge in [0.25, 0.3) is 0 Å². The minimum Gasteiger partial charge on any atom is -0.497 e. The summed E-state index contributed by atoms with van der Waals surface area (Å²) in [5.74, 6) is 1.38. The third kappa shape index (κ3) is 5.51. The van der Waals surface area contributed by atoms with Crippen LogP contribution in [0, 0.1) is 0 Å². The van der Waals surface area contributed by atoms with E-state index in [1.54, 1.807) is 25.2 Å². The summed E-state index contributed by atoms with van der Waals surface area (Å²) in [6.45, 7) is 7.05. The van der Waals surface area contributed by atoms with Gasteiger partial charge in [-0.2, -0.15) is 5.06 Å². The molecule has 0 radical (unpaired) electrons. The predicted molar refractivity (Wildman–Crippen MR) is 97.7 cm³/mol. The number of hydrogen-bond acceptors (Lipinski definition) is 6. The van der Waals surface area contributed by atoms with Gasteiger partial charge < -0.3 is 24.3 Å². The molecule has 0 aliphatic carbocycles. The minimum absolute atomic E-state index is 0.0134. The number of likely N-dealkylation sites (tertiary alicyclic amines) is 1. The fraction of sp³-hybridized carbons (Fsp3) is 0.632. The first-order valence-electron chi connectivity index (χ1n) is 8.88. The van der Waals surface area contributed by atoms with E-state index in [2.05, 4.69) is 0 Å². The summed E-state index contributed by atoms with van der Waals surface area (Å²) in [5, 5.41) is 11.8. The standard InChI is InChI=1S/C19H30N2O5/c1-19(2,3)26-18(22)20-10-8-15(9-11-20)21(23)13-14-6-7-16(24-4)12-17(14)25-5/h6-7,12,15,23H,8-11,13H2,1-5H3. The van der Waals surface area contributed by atoms with E-state index in [1.807, 2.05) is 32.9 Å². The van der Waals surface area contributed by atoms with E-state index in [0.29, 0.717) is 44.0 Å². The molecule has 1 fully saturated rings. The van der Waals surface area contributed by atoms with Crippen molar-refractivity contribution >= 4 is 6.09 Å². The van der Waals surface area contributed by atoms with Gasteiger partial charge in [0.1, 0.15) is 17.1 Å². The maximum Gasteiger partial charge on any atom is 0.410 e. The number of methoxy groups -OCH3 is 2. The molecular weight excluding hydrogens is 336 g/mol. The lowest BCUT2D eigenvalue weighted by molar-refractivity contribution is -0.146. The molecule has 2 rings (SSSR count). The van der Waals surface area contributed by atoms with Crippen molar-refractivity contribution in [2.45, 2.75) is 51.8 Å². The van der Waals surface area contributed by atoms with E-state index in [1.165, 1.54) is 5.06 Å². The summed E-state index contributed by atoms with van der Waals surface area (Å²) in [4.78, 5) is 13.8. The van der Waals surface area contributed by atoms with E-state index in [9.17, 15) is 10.0 Å². The Morgan fingerprint density at radius 1 is 1.23 bits per heavy atom. The maximum atomic E-state index is 12.1. The third-order valence-electron chi connectivity index (χ3n) is 4.36. The Hall–Kier alpha value is -1.99. The molecule has 1 aliphatic rings. The monoisotopic (exact) mass is 366 g/mol. The Bertz CT molecular complexity index is 606. The van der Waals surface area contributed by atoms with Crippen molar-refractivity contribution in [1.82, 2.24) is 9.96 Å². The van der Waals surface area contributed by atoms with Crippen LogP contribution in [0.2, 0.25) is 0 Å². The minimum atomic E-state index is -0.498. The molecule has 0 aromatic heterocycles. The molecule has 146 valence electrons. The van der Waals surface area contributed by atoms with Crippen molar-refractivity contribution in [2.24, 2.45) is 0 Å². The first kappa shape index (κ1) is 20.3. The lowest BCUT2D eigenvalue weighted by Crippen LogP contribution is -2.47. The second-order valence-electron chi connectivity index (χ2n) is 7.47. The SMILES string of the molecule is COc1ccc(CN(O)C2CCN(C(=O)OC(C)(C)C)CC2)c(OC)c1. The Labute approximate surface area is 155 Å². The molecule has 0 saturated carbocycles. The highest BCUT2D eigenvalue weighted by Gasteiger charge is 2.29. The lowest BCUT2D eigenvalue weighted by Gasteiger charge is -2.36. The van der Waals surface area contributed by atoms with Gasteiger partial charge in [0.15, 0.2) is 0 Å². The molecular formula is C19H30N2O5. The highest BCUT2D eigenvalue weighted by atomic mass is 16.6. The van der Waals surface area contributed by atoms with Crippen molar-refractivity contribution in [2.75, 3.05) is 27.3 Å². The smallest absolute Gasteiger partial charge is 0.410 e. The fourth-order valence-electron chi connectivity index (χ4n) is 2.96. The third-order valence-corrected chi connectivity index (χ3v) is 4.36. The molecule has 1 aromatic carbocycles. The largest absolute Gasteiger partial charge is 0.497 e. The lowest BCUT2D eigenvalue weighted by atomic mass is 10.0. The Balaban J connectivity index is 1.90. The molecule has 7 heteroatoms. The topological polar surface area (TPSA) is 71.5 Å². The average molecular weight is 366 g/mol. The van der Waals surface area contributed by atoms with Gasteiger partial charge in [0, 0.05) is 30.8 Å². The maximum absolute atomic E-state index is 12.1. The second kappa shape index (κ2) is 8.60. The number of carbonyl (C=O) groups is 1. The fourth-order valence-corrected chi connectivity index (χ4v) is 2.96. The average Bonchev–Trinajstić information content (AvgIpc) is 2.60. The van der Waals surface area contributed by atoms with Gasteiger partial charge >= 0.3 is 6.09 Å². The van der Waals surface area contributed by atoms with Crippen LogP contribution in [0.4, 0.5) is 4.79 Å². The number of benzene rings is 1. The highest BCUT2D eigenvalue weighted by Crippen LogP contribution is 2.27. The van der Waals surface area contributed by atoms with E-state index < -0.39 is 5.60 Å². The van der Waals surface area contributed by atoms with Crippen LogP contribution >= 0.6 is 0 Å². The van der Waals surface area contributed by atoms with Crippen molar-refractivity contribution in [3.8, 4) is 11.5 Å². The summed E-state index contributed by atoms with van der Waals surface area (Å²) in [6.07, 6.45) is 1.08. The van der Waals surface area contributed by atoms with Crippen LogP contribution in [0.5, 0.6) is 11.5 Å². The molecule has 1 amide bonds. The molecule has 0 spiro atoms. The number of hydrogen-bond donors (Lipinski definition) is 1. The zero-order valence-electron chi connectivity index (χ0n) is 16.3. The first-order chi connectivity index (χ1) is 12.2. The molecule has 1 heterocycles. The van der Waals surface area contributed by atoms with Gasteiger partial charge in [-0.15, -0.1) is 0 Å². The van der Waals surface area contributed by atoms with Gasteiger partial charge in [0.2, 0.25) is 0 Å². The molecule has 1 N–H and O–H groups in total. The number of nitrogens with zero attached hydrogens (tertiary/aromatic N) is 2. The van der Waals surface area contributed by atoms with Gasteiger partial charge in [-0.25, -0.2) is 4.79 Å². The zero-order valence-corrected chi connectivity index (χ0v) is 16.3. The molecule has 1 aromatic rings. The van der Waals surface area contributed by atoms with Gasteiger partial charge in [-0.1, -0.05) is 6.07 Å². The Kier molecular flexibility index (Phi) is 6.72. The molecule has 0 unspecified atom stereocenters. The van der Waals surface area contributed by atoms with Crippen LogP contribution in [0.3, 0.4) is 0 Å². The van der Waals surface area contributed by atoms with Crippen LogP contribution in [-0.2, 0) is 11.3 Å². The van der Waals surface area contributed by atoms with Crippen LogP contribution in [0.25, 0.3) is 0 Å². The van der Waals surface area contributed by atoms with E-state index >= 15 is 0 Å². The van der Waals surface area contributed by atoms with Crippen LogP contribution in [0.1, 0.15) is 39.2 Å². The van der Waals surface area contributed by atoms with Crippen LogP contribution in [-0.4, -0.2) is 60.2 Å². The van der Waals surface area contributed by atoms with Crippen molar-refractivity contribution in [1.29, 1.82) is 0 Å². The number of piperidine rings is 1. The van der Waals surface area contributed by atoms with Crippen molar-refractivity contribution < 1.29 is 24.2 Å². The van der Waals surface area contributed by atoms with E-state index in [0.717, 1.165) is 5.56 Å². The van der Waals surface area contributed by atoms with E-state index in [-0.39, 0.29) is 12.1 Å². The summed E-state index contributed by atoms with van der Waals surface area (Å²) in [6, 6.07) is 5.52. The summed E-state index contributed by atoms with van der Waals surface area (Å²) < 4.78 is 16.0. The quantitative estimate of drug-likeness (QED) is 0.806. The summed E-state index contributed by atoms with van der Waals surface area (Å²) in [5.41, 5.74) is 0.382. The molecule has 0 atom stereocenters. The van der Waals surface area contributed by atoms with E-state index in [4.69, 9.17) is 14.2 Å². The first-order valence-corrected chi connectivity index (χ1v) is 8.88. The Morgan fingerprint density at radius 3 is 2.42 bits per heavy atom. The predicted octanol–water partition coefficient (Wildman–Crippen LogP) is 3.29. The van der Waals surface area contributed by atoms with Crippen molar-refractivity contribution in [3.05, 3.63) is 23.8 Å². The zero-order chi connectivity index (χ0) is 19.3. The Morgan fingerprint density at radius 2 is 1.88 bits per heavy atom. The highest BCUT2D eigenvalue weighted by molar-refractivity contribution is 5.68. The molecule has 0 bridgehead atoms. The van der Waals surface area contributed by atoms with Gasteiger partial charge in [0.05, 0.1) is 20.8 Å². The number of amides is 1. The summed E-state index contributed by atoms with van der Waals surface area (Å²) in [7, 11) is 3.20.